The van der Waals surface area contributed by atoms with Gasteiger partial charge in [-0.05, 0) is 25.7 Å². The number of aliphatic hydroxyl groups is 2. The molecule has 0 bridgehead atoms. The fraction of sp³-hybridized carbons (Fsp3) is 1.00. The molecule has 72 valence electrons. The number of thioether (sulfide) groups is 1. The minimum atomic E-state index is -0.101. The van der Waals surface area contributed by atoms with E-state index in [1.165, 1.54) is 0 Å². The molecule has 3 heteroatoms. The molecule has 1 rings (SSSR count). The second-order valence-corrected chi connectivity index (χ2v) is 5.18. The lowest BCUT2D eigenvalue weighted by Crippen LogP contribution is -2.18. The summed E-state index contributed by atoms with van der Waals surface area (Å²) in [6.45, 7) is 2.38. The van der Waals surface area contributed by atoms with Gasteiger partial charge in [-0.25, -0.2) is 0 Å². The third-order valence-electron chi connectivity index (χ3n) is 2.36. The zero-order chi connectivity index (χ0) is 8.97. The van der Waals surface area contributed by atoms with E-state index in [1.54, 1.807) is 0 Å². The monoisotopic (exact) mass is 190 g/mol. The average molecular weight is 190 g/mol. The Hall–Kier alpha value is 0.270. The Morgan fingerprint density at radius 2 is 2.25 bits per heavy atom. The van der Waals surface area contributed by atoms with E-state index in [-0.39, 0.29) is 12.7 Å². The maximum Gasteiger partial charge on any atom is 0.0658 e. The van der Waals surface area contributed by atoms with Crippen LogP contribution in [0.2, 0.25) is 0 Å². The summed E-state index contributed by atoms with van der Waals surface area (Å²) in [4.78, 5) is 0. The lowest BCUT2D eigenvalue weighted by Gasteiger charge is -2.18. The van der Waals surface area contributed by atoms with Gasteiger partial charge in [0.2, 0.25) is 0 Å². The number of aliphatic hydroxyl groups excluding tert-OH is 2. The fourth-order valence-electron chi connectivity index (χ4n) is 1.61. The predicted molar refractivity (Wildman–Crippen MR) is 52.4 cm³/mol. The van der Waals surface area contributed by atoms with Crippen LogP contribution in [0.25, 0.3) is 0 Å². The highest BCUT2D eigenvalue weighted by atomic mass is 32.2. The van der Waals surface area contributed by atoms with E-state index in [0.29, 0.717) is 10.5 Å². The standard InChI is InChI=1S/C9H18O2S/c1-7(5-6-10)12-9-4-2-3-8(9)11/h7-11H,2-6H2,1H3/t7?,8-,9-/m1/s1. The second-order valence-electron chi connectivity index (χ2n) is 3.50. The number of hydrogen-bond donors (Lipinski definition) is 2. The molecule has 0 radical (unpaired) electrons. The molecule has 1 saturated carbocycles. The molecule has 0 aromatic rings. The fourth-order valence-corrected chi connectivity index (χ4v) is 3.07. The SMILES string of the molecule is CC(CCO)S[C@@H]1CCC[C@H]1O. The molecule has 1 aliphatic rings. The first-order chi connectivity index (χ1) is 5.74. The van der Waals surface area contributed by atoms with Crippen molar-refractivity contribution < 1.29 is 10.2 Å². The van der Waals surface area contributed by atoms with Crippen LogP contribution in [0, 0.1) is 0 Å². The molecule has 0 amide bonds. The quantitative estimate of drug-likeness (QED) is 0.704. The molecule has 0 spiro atoms. The van der Waals surface area contributed by atoms with Crippen LogP contribution in [-0.2, 0) is 0 Å². The molecule has 1 unspecified atom stereocenters. The summed E-state index contributed by atoms with van der Waals surface area (Å²) < 4.78 is 0. The molecule has 0 heterocycles. The molecule has 1 fully saturated rings. The summed E-state index contributed by atoms with van der Waals surface area (Å²) >= 11 is 1.83. The zero-order valence-electron chi connectivity index (χ0n) is 7.57. The van der Waals surface area contributed by atoms with Crippen LogP contribution in [0.4, 0.5) is 0 Å². The van der Waals surface area contributed by atoms with Crippen molar-refractivity contribution in [1.82, 2.24) is 0 Å². The van der Waals surface area contributed by atoms with Crippen molar-refractivity contribution in [2.24, 2.45) is 0 Å². The van der Waals surface area contributed by atoms with E-state index in [1.807, 2.05) is 11.8 Å². The summed E-state index contributed by atoms with van der Waals surface area (Å²) in [6, 6.07) is 0. The summed E-state index contributed by atoms with van der Waals surface area (Å²) in [5.41, 5.74) is 0. The van der Waals surface area contributed by atoms with Gasteiger partial charge < -0.3 is 10.2 Å². The molecular weight excluding hydrogens is 172 g/mol. The summed E-state index contributed by atoms with van der Waals surface area (Å²) in [6.07, 6.45) is 4.00. The predicted octanol–water partition coefficient (Wildman–Crippen LogP) is 1.40. The van der Waals surface area contributed by atoms with Crippen molar-refractivity contribution in [3.63, 3.8) is 0 Å². The minimum absolute atomic E-state index is 0.101. The van der Waals surface area contributed by atoms with Crippen molar-refractivity contribution in [3.05, 3.63) is 0 Å². The van der Waals surface area contributed by atoms with Gasteiger partial charge in [-0.15, -0.1) is 0 Å². The van der Waals surface area contributed by atoms with Crippen molar-refractivity contribution in [2.75, 3.05) is 6.61 Å². The van der Waals surface area contributed by atoms with Crippen molar-refractivity contribution in [1.29, 1.82) is 0 Å². The first kappa shape index (κ1) is 10.4. The Morgan fingerprint density at radius 1 is 1.50 bits per heavy atom. The number of hydrogen-bond acceptors (Lipinski definition) is 3. The normalized spacial score (nSPS) is 32.2. The lowest BCUT2D eigenvalue weighted by molar-refractivity contribution is 0.187. The molecular formula is C9H18O2S. The molecule has 0 saturated heterocycles. The Bertz CT molecular complexity index is 130. The van der Waals surface area contributed by atoms with Crippen LogP contribution < -0.4 is 0 Å². The average Bonchev–Trinajstić information content (AvgIpc) is 2.37. The third-order valence-corrected chi connectivity index (χ3v) is 3.96. The van der Waals surface area contributed by atoms with Crippen LogP contribution >= 0.6 is 11.8 Å². The minimum Gasteiger partial charge on any atom is -0.396 e. The van der Waals surface area contributed by atoms with Crippen molar-refractivity contribution in [2.45, 2.75) is 49.2 Å². The third kappa shape index (κ3) is 2.96. The van der Waals surface area contributed by atoms with Gasteiger partial charge in [0, 0.05) is 17.1 Å². The van der Waals surface area contributed by atoms with Gasteiger partial charge in [0.15, 0.2) is 0 Å². The van der Waals surface area contributed by atoms with E-state index in [9.17, 15) is 5.11 Å². The van der Waals surface area contributed by atoms with Crippen molar-refractivity contribution in [3.8, 4) is 0 Å². The summed E-state index contributed by atoms with van der Waals surface area (Å²) in [5.74, 6) is 0. The first-order valence-corrected chi connectivity index (χ1v) is 5.62. The van der Waals surface area contributed by atoms with E-state index in [2.05, 4.69) is 6.92 Å². The lowest BCUT2D eigenvalue weighted by atomic mass is 10.3. The second kappa shape index (κ2) is 5.10. The van der Waals surface area contributed by atoms with E-state index >= 15 is 0 Å². The van der Waals surface area contributed by atoms with E-state index in [0.717, 1.165) is 25.7 Å². The van der Waals surface area contributed by atoms with Gasteiger partial charge in [0.25, 0.3) is 0 Å². The Morgan fingerprint density at radius 3 is 2.75 bits per heavy atom. The van der Waals surface area contributed by atoms with Gasteiger partial charge >= 0.3 is 0 Å². The largest absolute Gasteiger partial charge is 0.396 e. The summed E-state index contributed by atoms with van der Waals surface area (Å²) in [5, 5.41) is 19.1. The van der Waals surface area contributed by atoms with Crippen LogP contribution in [0.3, 0.4) is 0 Å². The molecule has 0 aliphatic heterocycles. The van der Waals surface area contributed by atoms with Crippen LogP contribution in [0.1, 0.15) is 32.6 Å². The smallest absolute Gasteiger partial charge is 0.0658 e. The van der Waals surface area contributed by atoms with Gasteiger partial charge in [-0.3, -0.25) is 0 Å². The highest BCUT2D eigenvalue weighted by molar-refractivity contribution is 8.00. The van der Waals surface area contributed by atoms with E-state index in [4.69, 9.17) is 5.11 Å². The van der Waals surface area contributed by atoms with Crippen molar-refractivity contribution >= 4 is 11.8 Å². The van der Waals surface area contributed by atoms with Crippen LogP contribution in [0.15, 0.2) is 0 Å². The van der Waals surface area contributed by atoms with E-state index < -0.39 is 0 Å². The molecule has 3 atom stereocenters. The first-order valence-electron chi connectivity index (χ1n) is 4.68. The Labute approximate surface area is 78.4 Å². The van der Waals surface area contributed by atoms with Gasteiger partial charge in [-0.2, -0.15) is 11.8 Å². The molecule has 1 aliphatic carbocycles. The van der Waals surface area contributed by atoms with Gasteiger partial charge in [0.1, 0.15) is 0 Å². The molecule has 2 N–H and O–H groups in total. The van der Waals surface area contributed by atoms with Crippen LogP contribution in [-0.4, -0.2) is 33.4 Å². The van der Waals surface area contributed by atoms with Crippen LogP contribution in [0.5, 0.6) is 0 Å². The van der Waals surface area contributed by atoms with Gasteiger partial charge in [-0.1, -0.05) is 6.92 Å². The Balaban J connectivity index is 2.20. The maximum absolute atomic E-state index is 9.52. The summed E-state index contributed by atoms with van der Waals surface area (Å²) in [7, 11) is 0. The molecule has 2 nitrogen and oxygen atoms in total. The number of rotatable bonds is 4. The maximum atomic E-state index is 9.52. The molecule has 12 heavy (non-hydrogen) atoms. The zero-order valence-corrected chi connectivity index (χ0v) is 8.39. The Kier molecular flexibility index (Phi) is 4.40. The topological polar surface area (TPSA) is 40.5 Å². The molecule has 0 aromatic heterocycles. The highest BCUT2D eigenvalue weighted by Crippen LogP contribution is 2.33. The highest BCUT2D eigenvalue weighted by Gasteiger charge is 2.26. The van der Waals surface area contributed by atoms with Gasteiger partial charge in [0.05, 0.1) is 6.10 Å². The molecule has 0 aromatic carbocycles.